The highest BCUT2D eigenvalue weighted by molar-refractivity contribution is 6.00. The van der Waals surface area contributed by atoms with Gasteiger partial charge in [-0.15, -0.1) is 12.4 Å². The molecule has 4 rings (SSSR count). The number of aromatic amines is 1. The molecule has 1 amide bonds. The van der Waals surface area contributed by atoms with Gasteiger partial charge in [0.2, 0.25) is 0 Å². The van der Waals surface area contributed by atoms with Crippen molar-refractivity contribution in [2.75, 3.05) is 19.6 Å². The predicted octanol–water partition coefficient (Wildman–Crippen LogP) is 3.48. The summed E-state index contributed by atoms with van der Waals surface area (Å²) in [5.41, 5.74) is 1.69. The number of carbonyl (C=O) groups excluding carboxylic acids is 1. The number of likely N-dealkylation sites (N-methyl/N-ethyl adjacent to an activating group) is 1. The Bertz CT molecular complexity index is 1100. The Labute approximate surface area is 185 Å². The second-order valence-electron chi connectivity index (χ2n) is 7.40. The number of pyridine rings is 1. The van der Waals surface area contributed by atoms with Crippen LogP contribution in [0.4, 0.5) is 5.69 Å². The lowest BCUT2D eigenvalue weighted by Gasteiger charge is -2.22. The Morgan fingerprint density at radius 2 is 2.19 bits per heavy atom. The number of nitro groups is 1. The van der Waals surface area contributed by atoms with Crippen LogP contribution in [-0.4, -0.2) is 56.5 Å². The molecule has 10 heteroatoms. The Hall–Kier alpha value is -3.17. The highest BCUT2D eigenvalue weighted by atomic mass is 35.5. The summed E-state index contributed by atoms with van der Waals surface area (Å²) in [6.45, 7) is 4.77. The van der Waals surface area contributed by atoms with Crippen LogP contribution >= 0.6 is 12.4 Å². The fourth-order valence-electron chi connectivity index (χ4n) is 4.07. The van der Waals surface area contributed by atoms with Crippen LogP contribution < -0.4 is 5.32 Å². The molecular formula is C21H24ClN5O4. The maximum absolute atomic E-state index is 12.5. The first-order chi connectivity index (χ1) is 14.5. The van der Waals surface area contributed by atoms with Crippen LogP contribution in [0.15, 0.2) is 36.5 Å². The number of H-pyrrole nitrogens is 1. The molecule has 0 aliphatic carbocycles. The van der Waals surface area contributed by atoms with Gasteiger partial charge in [0.05, 0.1) is 21.7 Å². The van der Waals surface area contributed by atoms with E-state index in [9.17, 15) is 20.0 Å². The van der Waals surface area contributed by atoms with E-state index in [1.165, 1.54) is 18.3 Å². The van der Waals surface area contributed by atoms with E-state index in [4.69, 9.17) is 0 Å². The van der Waals surface area contributed by atoms with Gasteiger partial charge in [-0.3, -0.25) is 24.8 Å². The van der Waals surface area contributed by atoms with Gasteiger partial charge in [-0.25, -0.2) is 0 Å². The quantitative estimate of drug-likeness (QED) is 0.394. The molecule has 164 valence electrons. The number of fused-ring (bicyclic) bond motifs is 1. The number of nitro benzene ring substituents is 1. The fraction of sp³-hybridized carbons (Fsp3) is 0.333. The van der Waals surface area contributed by atoms with E-state index in [2.05, 4.69) is 27.1 Å². The molecule has 0 bridgehead atoms. The third kappa shape index (κ3) is 4.47. The summed E-state index contributed by atoms with van der Waals surface area (Å²) in [6.07, 6.45) is 3.68. The fourth-order valence-corrected chi connectivity index (χ4v) is 4.07. The number of amides is 1. The number of hydrogen-bond donors (Lipinski definition) is 3. The molecule has 1 aliphatic rings. The van der Waals surface area contributed by atoms with Crippen molar-refractivity contribution in [3.63, 3.8) is 0 Å². The minimum Gasteiger partial charge on any atom is -0.494 e. The molecule has 3 aromatic rings. The van der Waals surface area contributed by atoms with E-state index >= 15 is 0 Å². The highest BCUT2D eigenvalue weighted by Gasteiger charge is 2.23. The number of nitrogens with zero attached hydrogens (tertiary/aromatic N) is 3. The summed E-state index contributed by atoms with van der Waals surface area (Å²) in [7, 11) is 0. The number of carbonyl (C=O) groups is 1. The first-order valence-corrected chi connectivity index (χ1v) is 9.95. The largest absolute Gasteiger partial charge is 0.494 e. The van der Waals surface area contributed by atoms with Crippen LogP contribution in [0.2, 0.25) is 0 Å². The zero-order chi connectivity index (χ0) is 21.3. The summed E-state index contributed by atoms with van der Waals surface area (Å²) in [5, 5.41) is 24.8. The number of benzene rings is 1. The molecule has 0 saturated carbocycles. The third-order valence-electron chi connectivity index (χ3n) is 5.66. The zero-order valence-electron chi connectivity index (χ0n) is 17.0. The topological polar surface area (TPSA) is 124 Å². The van der Waals surface area contributed by atoms with Crippen molar-refractivity contribution in [1.29, 1.82) is 0 Å². The number of aromatic nitrogens is 2. The maximum Gasteiger partial charge on any atom is 0.270 e. The summed E-state index contributed by atoms with van der Waals surface area (Å²) in [6, 6.07) is 7.94. The van der Waals surface area contributed by atoms with E-state index in [1.54, 1.807) is 18.2 Å². The van der Waals surface area contributed by atoms with E-state index in [0.717, 1.165) is 25.9 Å². The Morgan fingerprint density at radius 1 is 1.39 bits per heavy atom. The second kappa shape index (κ2) is 9.32. The first-order valence-electron chi connectivity index (χ1n) is 9.95. The van der Waals surface area contributed by atoms with Crippen LogP contribution in [0.1, 0.15) is 30.1 Å². The zero-order valence-corrected chi connectivity index (χ0v) is 17.8. The SMILES string of the molecule is CCN1CCCC1CNC(=O)c1ccc(-c2c(O)[nH]c3ccc([N+](=O)[O-])cc23)nc1.Cl. The summed E-state index contributed by atoms with van der Waals surface area (Å²) in [5.74, 6) is -0.327. The number of nitrogens with one attached hydrogen (secondary N) is 2. The standard InChI is InChI=1S/C21H23N5O4.ClH/c1-2-25-9-3-4-15(25)12-23-20(27)13-5-7-18(22-11-13)19-16-10-14(26(29)30)6-8-17(16)24-21(19)28;/h5-8,10-11,15,24,28H,2-4,9,12H2,1H3,(H,23,27);1H. The van der Waals surface area contributed by atoms with Gasteiger partial charge in [-0.2, -0.15) is 0 Å². The molecule has 31 heavy (non-hydrogen) atoms. The summed E-state index contributed by atoms with van der Waals surface area (Å²) >= 11 is 0. The minimum absolute atomic E-state index is 0. The number of aromatic hydroxyl groups is 1. The third-order valence-corrected chi connectivity index (χ3v) is 5.66. The smallest absolute Gasteiger partial charge is 0.270 e. The Kier molecular flexibility index (Phi) is 6.77. The maximum atomic E-state index is 12.5. The van der Waals surface area contributed by atoms with Gasteiger partial charge in [0, 0.05) is 41.8 Å². The van der Waals surface area contributed by atoms with Gasteiger partial charge >= 0.3 is 0 Å². The molecule has 2 aromatic heterocycles. The van der Waals surface area contributed by atoms with Crippen LogP contribution in [-0.2, 0) is 0 Å². The van der Waals surface area contributed by atoms with E-state index in [-0.39, 0.29) is 29.9 Å². The van der Waals surface area contributed by atoms with Crippen molar-refractivity contribution >= 4 is 34.9 Å². The van der Waals surface area contributed by atoms with E-state index < -0.39 is 4.92 Å². The van der Waals surface area contributed by atoms with Crippen LogP contribution in [0.5, 0.6) is 5.88 Å². The molecule has 1 aliphatic heterocycles. The highest BCUT2D eigenvalue weighted by Crippen LogP contribution is 2.37. The molecule has 3 heterocycles. The monoisotopic (exact) mass is 445 g/mol. The second-order valence-corrected chi connectivity index (χ2v) is 7.40. The molecule has 1 aromatic carbocycles. The van der Waals surface area contributed by atoms with Crippen molar-refractivity contribution in [2.45, 2.75) is 25.8 Å². The summed E-state index contributed by atoms with van der Waals surface area (Å²) in [4.78, 5) is 32.6. The molecule has 1 saturated heterocycles. The van der Waals surface area contributed by atoms with Gasteiger partial charge in [0.25, 0.3) is 11.6 Å². The van der Waals surface area contributed by atoms with Crippen molar-refractivity contribution in [2.24, 2.45) is 0 Å². The molecule has 0 radical (unpaired) electrons. The van der Waals surface area contributed by atoms with E-state index in [1.807, 2.05) is 0 Å². The van der Waals surface area contributed by atoms with Crippen LogP contribution in [0, 0.1) is 10.1 Å². The van der Waals surface area contributed by atoms with Gasteiger partial charge in [-0.1, -0.05) is 6.92 Å². The number of non-ortho nitro benzene ring substituents is 1. The van der Waals surface area contributed by atoms with Crippen LogP contribution in [0.25, 0.3) is 22.2 Å². The Morgan fingerprint density at radius 3 is 2.87 bits per heavy atom. The van der Waals surface area contributed by atoms with Gasteiger partial charge in [0.1, 0.15) is 0 Å². The molecule has 0 spiro atoms. The average molecular weight is 446 g/mol. The molecule has 1 atom stereocenters. The number of likely N-dealkylation sites (tertiary alicyclic amines) is 1. The lowest BCUT2D eigenvalue weighted by molar-refractivity contribution is -0.384. The van der Waals surface area contributed by atoms with Gasteiger partial charge < -0.3 is 15.4 Å². The van der Waals surface area contributed by atoms with E-state index in [0.29, 0.717) is 40.3 Å². The average Bonchev–Trinajstić information content (AvgIpc) is 3.34. The van der Waals surface area contributed by atoms with Gasteiger partial charge in [0.15, 0.2) is 5.88 Å². The number of rotatable bonds is 6. The normalized spacial score (nSPS) is 16.2. The molecule has 3 N–H and O–H groups in total. The minimum atomic E-state index is -0.488. The molecule has 1 fully saturated rings. The Balaban J connectivity index is 0.00000272. The van der Waals surface area contributed by atoms with Crippen molar-refractivity contribution in [3.05, 3.63) is 52.2 Å². The van der Waals surface area contributed by atoms with Crippen molar-refractivity contribution < 1.29 is 14.8 Å². The summed E-state index contributed by atoms with van der Waals surface area (Å²) < 4.78 is 0. The predicted molar refractivity (Wildman–Crippen MR) is 120 cm³/mol. The van der Waals surface area contributed by atoms with Crippen molar-refractivity contribution in [1.82, 2.24) is 20.2 Å². The first kappa shape index (κ1) is 22.5. The lowest BCUT2D eigenvalue weighted by Crippen LogP contribution is -2.40. The van der Waals surface area contributed by atoms with Crippen molar-refractivity contribution in [3.8, 4) is 17.1 Å². The van der Waals surface area contributed by atoms with Crippen LogP contribution in [0.3, 0.4) is 0 Å². The number of halogens is 1. The lowest BCUT2D eigenvalue weighted by atomic mass is 10.1. The van der Waals surface area contributed by atoms with Gasteiger partial charge in [-0.05, 0) is 44.1 Å². The molecular weight excluding hydrogens is 422 g/mol. The number of hydrogen-bond acceptors (Lipinski definition) is 6. The molecule has 9 nitrogen and oxygen atoms in total. The molecule has 1 unspecified atom stereocenters.